The average Bonchev–Trinajstić information content (AvgIpc) is 2.42. The van der Waals surface area contributed by atoms with Crippen LogP contribution < -0.4 is 0 Å². The van der Waals surface area contributed by atoms with Gasteiger partial charge in [-0.2, -0.15) is 0 Å². The van der Waals surface area contributed by atoms with E-state index in [-0.39, 0.29) is 11.3 Å². The molecule has 0 atom stereocenters. The molecule has 0 saturated carbocycles. The van der Waals surface area contributed by atoms with Crippen molar-refractivity contribution in [3.8, 4) is 0 Å². The van der Waals surface area contributed by atoms with Gasteiger partial charge in [-0.25, -0.2) is 9.78 Å². The van der Waals surface area contributed by atoms with E-state index in [2.05, 4.69) is 36.8 Å². The van der Waals surface area contributed by atoms with Crippen LogP contribution in [0.5, 0.6) is 0 Å². The van der Waals surface area contributed by atoms with Crippen molar-refractivity contribution in [3.05, 3.63) is 55.1 Å². The third-order valence-electron chi connectivity index (χ3n) is 2.39. The van der Waals surface area contributed by atoms with E-state index in [0.717, 1.165) is 6.20 Å². The molecule has 108 valence electrons. The smallest absolute Gasteiger partial charge is 0.336 e. The number of nitrogens with zero attached hydrogens (tertiary/aromatic N) is 2. The fraction of sp³-hybridized carbons (Fsp3) is 0. The summed E-state index contributed by atoms with van der Waals surface area (Å²) in [5, 5.41) is 20.2. The van der Waals surface area contributed by atoms with Gasteiger partial charge in [0.25, 0.3) is 5.69 Å². The van der Waals surface area contributed by atoms with E-state index < -0.39 is 10.9 Å². The molecule has 21 heavy (non-hydrogen) atoms. The fourth-order valence-corrected chi connectivity index (χ4v) is 3.23. The zero-order chi connectivity index (χ0) is 15.6. The molecule has 0 fully saturated rings. The van der Waals surface area contributed by atoms with E-state index in [0.29, 0.717) is 18.9 Å². The molecule has 0 radical (unpaired) electrons. The number of aromatic carboxylic acids is 1. The number of nitro groups is 1. The summed E-state index contributed by atoms with van der Waals surface area (Å²) in [7, 11) is 0. The van der Waals surface area contributed by atoms with Crippen molar-refractivity contribution < 1.29 is 14.8 Å². The second-order valence-corrected chi connectivity index (χ2v) is 6.56. The topological polar surface area (TPSA) is 93.3 Å². The second-order valence-electron chi connectivity index (χ2n) is 3.79. The Morgan fingerprint density at radius 2 is 2.00 bits per heavy atom. The first-order valence-corrected chi connectivity index (χ1v) is 7.79. The van der Waals surface area contributed by atoms with Crippen molar-refractivity contribution in [2.24, 2.45) is 0 Å². The van der Waals surface area contributed by atoms with Crippen LogP contribution in [0.1, 0.15) is 10.4 Å². The summed E-state index contributed by atoms with van der Waals surface area (Å²) in [5.74, 6) is -1.04. The van der Waals surface area contributed by atoms with Crippen LogP contribution in [0.4, 0.5) is 5.69 Å². The maximum absolute atomic E-state index is 11.1. The van der Waals surface area contributed by atoms with Crippen LogP contribution in [-0.2, 0) is 0 Å². The summed E-state index contributed by atoms with van der Waals surface area (Å²) < 4.78 is 0.955. The van der Waals surface area contributed by atoms with Crippen molar-refractivity contribution >= 4 is 55.3 Å². The molecule has 0 aliphatic heterocycles. The van der Waals surface area contributed by atoms with E-state index >= 15 is 0 Å². The Bertz CT molecular complexity index is 739. The highest BCUT2D eigenvalue weighted by molar-refractivity contribution is 9.10. The van der Waals surface area contributed by atoms with Gasteiger partial charge in [0.2, 0.25) is 0 Å². The molecule has 2 rings (SSSR count). The van der Waals surface area contributed by atoms with Crippen molar-refractivity contribution in [2.45, 2.75) is 9.92 Å². The number of rotatable bonds is 4. The highest BCUT2D eigenvalue weighted by Crippen LogP contribution is 2.35. The molecule has 0 amide bonds. The molecule has 0 bridgehead atoms. The van der Waals surface area contributed by atoms with E-state index in [1.807, 2.05) is 0 Å². The number of carboxylic acids is 1. The minimum Gasteiger partial charge on any atom is -0.478 e. The van der Waals surface area contributed by atoms with Gasteiger partial charge in [0.15, 0.2) is 0 Å². The lowest BCUT2D eigenvalue weighted by atomic mass is 10.2. The number of carboxylic acid groups (broad SMARTS) is 1. The first-order valence-electron chi connectivity index (χ1n) is 5.39. The molecular formula is C12H6Br2N2O4S. The standard InChI is InChI=1S/C12H6Br2N2O4S/c13-9-2-1-7(4-8(9)12(17)18)21-11-10(14)3-6(5-15-11)16(19)20/h1-5H,(H,17,18). The highest BCUT2D eigenvalue weighted by atomic mass is 79.9. The molecule has 9 heteroatoms. The molecule has 0 aliphatic rings. The lowest BCUT2D eigenvalue weighted by Gasteiger charge is -2.05. The summed E-state index contributed by atoms with van der Waals surface area (Å²) in [6.07, 6.45) is 1.16. The molecule has 1 aromatic carbocycles. The second kappa shape index (κ2) is 6.54. The normalized spacial score (nSPS) is 10.4. The van der Waals surface area contributed by atoms with Crippen LogP contribution in [0.15, 0.2) is 49.3 Å². The minimum atomic E-state index is -1.04. The third kappa shape index (κ3) is 3.80. The molecule has 0 aliphatic carbocycles. The van der Waals surface area contributed by atoms with Crippen molar-refractivity contribution in [1.29, 1.82) is 0 Å². The molecule has 1 aromatic heterocycles. The van der Waals surface area contributed by atoms with Crippen LogP contribution in [-0.4, -0.2) is 21.0 Å². The van der Waals surface area contributed by atoms with Crippen molar-refractivity contribution in [2.75, 3.05) is 0 Å². The predicted octanol–water partition coefficient (Wildman–Crippen LogP) is 4.36. The molecule has 2 aromatic rings. The average molecular weight is 434 g/mol. The fourth-order valence-electron chi connectivity index (χ4n) is 1.43. The summed E-state index contributed by atoms with van der Waals surface area (Å²) in [5.41, 5.74) is 0.0197. The van der Waals surface area contributed by atoms with Gasteiger partial charge in [-0.15, -0.1) is 0 Å². The molecule has 1 N–H and O–H groups in total. The minimum absolute atomic E-state index is 0.117. The monoisotopic (exact) mass is 432 g/mol. The van der Waals surface area contributed by atoms with Gasteiger partial charge in [0, 0.05) is 15.4 Å². The molecule has 0 saturated heterocycles. The maximum Gasteiger partial charge on any atom is 0.336 e. The van der Waals surface area contributed by atoms with Crippen LogP contribution in [0, 0.1) is 10.1 Å². The highest BCUT2D eigenvalue weighted by Gasteiger charge is 2.14. The van der Waals surface area contributed by atoms with E-state index in [4.69, 9.17) is 5.11 Å². The first-order chi connectivity index (χ1) is 9.88. The SMILES string of the molecule is O=C(O)c1cc(Sc2ncc([N+](=O)[O-])cc2Br)ccc1Br. The van der Waals surface area contributed by atoms with Crippen molar-refractivity contribution in [3.63, 3.8) is 0 Å². The summed E-state index contributed by atoms with van der Waals surface area (Å²) >= 11 is 7.60. The Labute approximate surface area is 140 Å². The van der Waals surface area contributed by atoms with Gasteiger partial charge in [0.1, 0.15) is 11.2 Å². The number of hydrogen-bond acceptors (Lipinski definition) is 5. The van der Waals surface area contributed by atoms with Crippen LogP contribution in [0.2, 0.25) is 0 Å². The third-order valence-corrected chi connectivity index (χ3v) is 4.95. The molecule has 0 unspecified atom stereocenters. The van der Waals surface area contributed by atoms with Crippen LogP contribution >= 0.6 is 43.6 Å². The number of pyridine rings is 1. The molecule has 6 nitrogen and oxygen atoms in total. The molecular weight excluding hydrogens is 428 g/mol. The summed E-state index contributed by atoms with van der Waals surface area (Å²) in [6.45, 7) is 0. The number of carbonyl (C=O) groups is 1. The first kappa shape index (κ1) is 15.9. The van der Waals surface area contributed by atoms with Gasteiger partial charge < -0.3 is 5.11 Å². The predicted molar refractivity (Wildman–Crippen MR) is 83.8 cm³/mol. The Kier molecular flexibility index (Phi) is 4.96. The number of benzene rings is 1. The Morgan fingerprint density at radius 1 is 1.29 bits per heavy atom. The zero-order valence-corrected chi connectivity index (χ0v) is 14.1. The van der Waals surface area contributed by atoms with Crippen molar-refractivity contribution in [1.82, 2.24) is 4.98 Å². The number of halogens is 2. The lowest BCUT2D eigenvalue weighted by Crippen LogP contribution is -1.97. The van der Waals surface area contributed by atoms with Gasteiger partial charge >= 0.3 is 5.97 Å². The van der Waals surface area contributed by atoms with Crippen LogP contribution in [0.3, 0.4) is 0 Å². The lowest BCUT2D eigenvalue weighted by molar-refractivity contribution is -0.385. The Hall–Kier alpha value is -1.45. The molecule has 0 spiro atoms. The van der Waals surface area contributed by atoms with Gasteiger partial charge in [-0.05, 0) is 50.1 Å². The summed E-state index contributed by atoms with van der Waals surface area (Å²) in [4.78, 5) is 25.9. The van der Waals surface area contributed by atoms with E-state index in [1.165, 1.54) is 23.9 Å². The zero-order valence-electron chi connectivity index (χ0n) is 10.1. The largest absolute Gasteiger partial charge is 0.478 e. The summed E-state index contributed by atoms with van der Waals surface area (Å²) in [6, 6.07) is 6.22. The van der Waals surface area contributed by atoms with E-state index in [1.54, 1.807) is 12.1 Å². The Morgan fingerprint density at radius 3 is 2.57 bits per heavy atom. The number of aromatic nitrogens is 1. The number of hydrogen-bond donors (Lipinski definition) is 1. The maximum atomic E-state index is 11.1. The van der Waals surface area contributed by atoms with Gasteiger partial charge in [-0.3, -0.25) is 10.1 Å². The van der Waals surface area contributed by atoms with Gasteiger partial charge in [-0.1, -0.05) is 11.8 Å². The van der Waals surface area contributed by atoms with E-state index in [9.17, 15) is 14.9 Å². The molecule has 1 heterocycles. The Balaban J connectivity index is 2.32. The van der Waals surface area contributed by atoms with Crippen LogP contribution in [0.25, 0.3) is 0 Å². The van der Waals surface area contributed by atoms with Gasteiger partial charge in [0.05, 0.1) is 15.0 Å². The quantitative estimate of drug-likeness (QED) is 0.568.